The Morgan fingerprint density at radius 1 is 1.24 bits per heavy atom. The second kappa shape index (κ2) is 6.65. The SMILES string of the molecule is COc1ccc(S(=O)(=O)N2CC(Nc3ccc([N+](=O)[O-])cn3)C2)cc1. The van der Waals surface area contributed by atoms with E-state index in [-0.39, 0.29) is 16.6 Å². The molecule has 0 spiro atoms. The molecule has 1 aromatic heterocycles. The summed E-state index contributed by atoms with van der Waals surface area (Å²) in [5, 5.41) is 13.7. The predicted molar refractivity (Wildman–Crippen MR) is 90.1 cm³/mol. The number of methoxy groups -OCH3 is 1. The number of nitrogens with zero attached hydrogens (tertiary/aromatic N) is 3. The predicted octanol–water partition coefficient (Wildman–Crippen LogP) is 1.48. The largest absolute Gasteiger partial charge is 0.497 e. The molecule has 2 heterocycles. The lowest BCUT2D eigenvalue weighted by molar-refractivity contribution is -0.385. The fourth-order valence-corrected chi connectivity index (χ4v) is 3.94. The van der Waals surface area contributed by atoms with Crippen LogP contribution in [-0.2, 0) is 10.0 Å². The molecule has 2 aromatic rings. The molecule has 10 heteroatoms. The fraction of sp³-hybridized carbons (Fsp3) is 0.267. The van der Waals surface area contributed by atoms with E-state index in [1.807, 2.05) is 0 Å². The van der Waals surface area contributed by atoms with Gasteiger partial charge in [0.1, 0.15) is 17.8 Å². The lowest BCUT2D eigenvalue weighted by Crippen LogP contribution is -2.56. The third kappa shape index (κ3) is 3.54. The van der Waals surface area contributed by atoms with E-state index >= 15 is 0 Å². The quantitative estimate of drug-likeness (QED) is 0.610. The lowest BCUT2D eigenvalue weighted by Gasteiger charge is -2.38. The van der Waals surface area contributed by atoms with E-state index in [1.165, 1.54) is 35.7 Å². The Morgan fingerprint density at radius 3 is 2.44 bits per heavy atom. The van der Waals surface area contributed by atoms with Crippen molar-refractivity contribution in [3.8, 4) is 5.75 Å². The number of hydrogen-bond donors (Lipinski definition) is 1. The lowest BCUT2D eigenvalue weighted by atomic mass is 10.2. The summed E-state index contributed by atoms with van der Waals surface area (Å²) in [5.41, 5.74) is -0.0946. The van der Waals surface area contributed by atoms with Gasteiger partial charge >= 0.3 is 0 Å². The van der Waals surface area contributed by atoms with Crippen molar-refractivity contribution in [1.29, 1.82) is 0 Å². The highest BCUT2D eigenvalue weighted by Crippen LogP contribution is 2.25. The van der Waals surface area contributed by atoms with Crippen LogP contribution in [-0.4, -0.2) is 48.9 Å². The number of benzene rings is 1. The monoisotopic (exact) mass is 364 g/mol. The summed E-state index contributed by atoms with van der Waals surface area (Å²) >= 11 is 0. The van der Waals surface area contributed by atoms with Gasteiger partial charge in [0.05, 0.1) is 23.0 Å². The van der Waals surface area contributed by atoms with Gasteiger partial charge in [0.2, 0.25) is 10.0 Å². The summed E-state index contributed by atoms with van der Waals surface area (Å²) in [6, 6.07) is 8.96. The highest BCUT2D eigenvalue weighted by atomic mass is 32.2. The van der Waals surface area contributed by atoms with Crippen LogP contribution in [0.2, 0.25) is 0 Å². The summed E-state index contributed by atoms with van der Waals surface area (Å²) in [5.74, 6) is 1.06. The van der Waals surface area contributed by atoms with Gasteiger partial charge in [0, 0.05) is 19.2 Å². The Bertz CT molecular complexity index is 862. The molecular formula is C15H16N4O5S. The molecule has 9 nitrogen and oxygen atoms in total. The summed E-state index contributed by atoms with van der Waals surface area (Å²) in [7, 11) is -2.03. The maximum Gasteiger partial charge on any atom is 0.287 e. The average Bonchev–Trinajstić information content (AvgIpc) is 2.58. The molecule has 0 radical (unpaired) electrons. The van der Waals surface area contributed by atoms with Crippen LogP contribution in [0.15, 0.2) is 47.5 Å². The molecule has 3 rings (SSSR count). The van der Waals surface area contributed by atoms with Crippen LogP contribution in [0.25, 0.3) is 0 Å². The minimum atomic E-state index is -3.54. The van der Waals surface area contributed by atoms with Crippen molar-refractivity contribution in [2.75, 3.05) is 25.5 Å². The number of sulfonamides is 1. The summed E-state index contributed by atoms with van der Waals surface area (Å²) in [4.78, 5) is 14.2. The molecule has 1 aliphatic heterocycles. The van der Waals surface area contributed by atoms with E-state index < -0.39 is 14.9 Å². The van der Waals surface area contributed by atoms with Gasteiger partial charge in [0.25, 0.3) is 5.69 Å². The zero-order valence-electron chi connectivity index (χ0n) is 13.3. The normalized spacial score (nSPS) is 15.4. The van der Waals surface area contributed by atoms with E-state index in [9.17, 15) is 18.5 Å². The molecular weight excluding hydrogens is 348 g/mol. The first kappa shape index (κ1) is 17.1. The van der Waals surface area contributed by atoms with Crippen LogP contribution in [0.4, 0.5) is 11.5 Å². The van der Waals surface area contributed by atoms with Crippen LogP contribution in [0.3, 0.4) is 0 Å². The van der Waals surface area contributed by atoms with Crippen molar-refractivity contribution in [3.63, 3.8) is 0 Å². The van der Waals surface area contributed by atoms with E-state index in [0.717, 1.165) is 6.20 Å². The van der Waals surface area contributed by atoms with Crippen molar-refractivity contribution in [2.45, 2.75) is 10.9 Å². The van der Waals surface area contributed by atoms with E-state index in [0.29, 0.717) is 24.7 Å². The number of anilines is 1. The number of hydrogen-bond acceptors (Lipinski definition) is 7. The Hall–Kier alpha value is -2.72. The van der Waals surface area contributed by atoms with Gasteiger partial charge in [0.15, 0.2) is 0 Å². The number of pyridine rings is 1. The summed E-state index contributed by atoms with van der Waals surface area (Å²) < 4.78 is 31.4. The van der Waals surface area contributed by atoms with Gasteiger partial charge in [-0.2, -0.15) is 4.31 Å². The highest BCUT2D eigenvalue weighted by Gasteiger charge is 2.36. The second-order valence-electron chi connectivity index (χ2n) is 5.50. The molecule has 0 bridgehead atoms. The summed E-state index contributed by atoms with van der Waals surface area (Å²) in [6.45, 7) is 0.597. The van der Waals surface area contributed by atoms with Gasteiger partial charge in [-0.15, -0.1) is 0 Å². The van der Waals surface area contributed by atoms with E-state index in [2.05, 4.69) is 10.3 Å². The Kier molecular flexibility index (Phi) is 4.55. The van der Waals surface area contributed by atoms with Crippen LogP contribution in [0.5, 0.6) is 5.75 Å². The molecule has 1 aromatic carbocycles. The van der Waals surface area contributed by atoms with Crippen LogP contribution in [0.1, 0.15) is 0 Å². The average molecular weight is 364 g/mol. The number of nitrogens with one attached hydrogen (secondary N) is 1. The number of aromatic nitrogens is 1. The third-order valence-corrected chi connectivity index (χ3v) is 5.70. The fourth-order valence-electron chi connectivity index (χ4n) is 2.41. The van der Waals surface area contributed by atoms with Crippen molar-refractivity contribution < 1.29 is 18.1 Å². The highest BCUT2D eigenvalue weighted by molar-refractivity contribution is 7.89. The minimum absolute atomic E-state index is 0.0946. The maximum absolute atomic E-state index is 12.5. The Morgan fingerprint density at radius 2 is 1.92 bits per heavy atom. The molecule has 1 fully saturated rings. The molecule has 1 aliphatic rings. The van der Waals surface area contributed by atoms with Crippen molar-refractivity contribution in [1.82, 2.24) is 9.29 Å². The Labute approximate surface area is 144 Å². The number of rotatable bonds is 6. The molecule has 132 valence electrons. The molecule has 25 heavy (non-hydrogen) atoms. The van der Waals surface area contributed by atoms with E-state index in [4.69, 9.17) is 4.74 Å². The molecule has 1 saturated heterocycles. The first-order chi connectivity index (χ1) is 11.9. The standard InChI is InChI=1S/C15H16N4O5S/c1-24-13-3-5-14(6-4-13)25(22,23)18-9-11(10-18)17-15-7-2-12(8-16-15)19(20)21/h2-8,11H,9-10H2,1H3,(H,16,17). The van der Waals surface area contributed by atoms with Gasteiger partial charge in [-0.05, 0) is 30.3 Å². The smallest absolute Gasteiger partial charge is 0.287 e. The number of ether oxygens (including phenoxy) is 1. The minimum Gasteiger partial charge on any atom is -0.497 e. The zero-order valence-corrected chi connectivity index (χ0v) is 14.1. The van der Waals surface area contributed by atoms with Crippen LogP contribution < -0.4 is 10.1 Å². The molecule has 0 atom stereocenters. The second-order valence-corrected chi connectivity index (χ2v) is 7.44. The van der Waals surface area contributed by atoms with Crippen LogP contribution >= 0.6 is 0 Å². The van der Waals surface area contributed by atoms with Gasteiger partial charge in [-0.1, -0.05) is 0 Å². The van der Waals surface area contributed by atoms with Crippen molar-refractivity contribution in [3.05, 3.63) is 52.7 Å². The first-order valence-corrected chi connectivity index (χ1v) is 8.85. The summed E-state index contributed by atoms with van der Waals surface area (Å²) in [6.07, 6.45) is 1.16. The number of nitro groups is 1. The molecule has 0 aliphatic carbocycles. The van der Waals surface area contributed by atoms with Gasteiger partial charge in [-0.25, -0.2) is 13.4 Å². The van der Waals surface area contributed by atoms with Crippen molar-refractivity contribution in [2.24, 2.45) is 0 Å². The molecule has 0 amide bonds. The topological polar surface area (TPSA) is 115 Å². The van der Waals surface area contributed by atoms with Gasteiger partial charge in [-0.3, -0.25) is 10.1 Å². The molecule has 0 unspecified atom stereocenters. The molecule has 1 N–H and O–H groups in total. The Balaban J connectivity index is 1.60. The zero-order chi connectivity index (χ0) is 18.0. The first-order valence-electron chi connectivity index (χ1n) is 7.41. The van der Waals surface area contributed by atoms with Gasteiger partial charge < -0.3 is 10.1 Å². The molecule has 0 saturated carbocycles. The van der Waals surface area contributed by atoms with Crippen molar-refractivity contribution >= 4 is 21.5 Å². The maximum atomic E-state index is 12.5. The van der Waals surface area contributed by atoms with E-state index in [1.54, 1.807) is 12.1 Å². The van der Waals surface area contributed by atoms with Crippen LogP contribution in [0, 0.1) is 10.1 Å². The third-order valence-electron chi connectivity index (χ3n) is 3.86.